The standard InChI is InChI=1S/C19H13BrN4/c20-15-6-7-17-16(12-15)18(13-8-10-21-11-9-13)23-24-19(22-17)14-4-2-1-3-5-14/h1-12H,(H,22,24). The van der Waals surface area contributed by atoms with E-state index in [0.29, 0.717) is 0 Å². The first kappa shape index (κ1) is 14.8. The molecule has 0 bridgehead atoms. The second kappa shape index (κ2) is 6.37. The zero-order chi connectivity index (χ0) is 16.4. The molecular formula is C19H13BrN4. The summed E-state index contributed by atoms with van der Waals surface area (Å²) in [4.78, 5) is 8.87. The van der Waals surface area contributed by atoms with Crippen molar-refractivity contribution in [2.75, 3.05) is 0 Å². The van der Waals surface area contributed by atoms with Crippen LogP contribution in [0.2, 0.25) is 0 Å². The molecule has 24 heavy (non-hydrogen) atoms. The third kappa shape index (κ3) is 2.86. The van der Waals surface area contributed by atoms with Crippen LogP contribution < -0.4 is 5.43 Å². The molecule has 4 nitrogen and oxygen atoms in total. The van der Waals surface area contributed by atoms with Gasteiger partial charge in [0.1, 0.15) is 5.71 Å². The van der Waals surface area contributed by atoms with Gasteiger partial charge in [0.05, 0.1) is 5.69 Å². The number of pyridine rings is 1. The number of hydrogen-bond donors (Lipinski definition) is 1. The number of benzene rings is 2. The Hall–Kier alpha value is -2.79. The van der Waals surface area contributed by atoms with Crippen molar-refractivity contribution in [3.63, 3.8) is 0 Å². The maximum Gasteiger partial charge on any atom is 0.154 e. The molecule has 0 saturated carbocycles. The van der Waals surface area contributed by atoms with Gasteiger partial charge >= 0.3 is 0 Å². The van der Waals surface area contributed by atoms with Crippen LogP contribution in [0.25, 0.3) is 0 Å². The van der Waals surface area contributed by atoms with E-state index < -0.39 is 0 Å². The van der Waals surface area contributed by atoms with Crippen LogP contribution in [0, 0.1) is 0 Å². The molecular weight excluding hydrogens is 364 g/mol. The van der Waals surface area contributed by atoms with Gasteiger partial charge in [0.2, 0.25) is 0 Å². The van der Waals surface area contributed by atoms with E-state index in [1.165, 1.54) is 0 Å². The van der Waals surface area contributed by atoms with Crippen LogP contribution in [0.5, 0.6) is 0 Å². The van der Waals surface area contributed by atoms with Gasteiger partial charge in [-0.25, -0.2) is 4.99 Å². The van der Waals surface area contributed by atoms with Crippen molar-refractivity contribution in [2.24, 2.45) is 10.1 Å². The predicted octanol–water partition coefficient (Wildman–Crippen LogP) is 4.28. The van der Waals surface area contributed by atoms with Crippen LogP contribution in [-0.4, -0.2) is 16.5 Å². The predicted molar refractivity (Wildman–Crippen MR) is 99.8 cm³/mol. The van der Waals surface area contributed by atoms with Crippen LogP contribution in [-0.2, 0) is 0 Å². The van der Waals surface area contributed by atoms with E-state index >= 15 is 0 Å². The van der Waals surface area contributed by atoms with Crippen molar-refractivity contribution in [1.29, 1.82) is 0 Å². The summed E-state index contributed by atoms with van der Waals surface area (Å²) in [5.41, 5.74) is 7.77. The molecule has 0 unspecified atom stereocenters. The zero-order valence-corrected chi connectivity index (χ0v) is 14.2. The normalized spacial score (nSPS) is 13.2. The van der Waals surface area contributed by atoms with Crippen molar-refractivity contribution in [1.82, 2.24) is 10.4 Å². The summed E-state index contributed by atoms with van der Waals surface area (Å²) >= 11 is 3.54. The van der Waals surface area contributed by atoms with Gasteiger partial charge in [-0.05, 0) is 30.3 Å². The van der Waals surface area contributed by atoms with E-state index in [2.05, 4.69) is 31.4 Å². The second-order valence-electron chi connectivity index (χ2n) is 5.30. The summed E-state index contributed by atoms with van der Waals surface area (Å²) in [5, 5.41) is 4.62. The molecule has 0 atom stereocenters. The summed E-state index contributed by atoms with van der Waals surface area (Å²) in [6, 6.07) is 19.9. The van der Waals surface area contributed by atoms with Crippen molar-refractivity contribution in [3.05, 3.63) is 94.2 Å². The Kier molecular flexibility index (Phi) is 3.92. The highest BCUT2D eigenvalue weighted by Crippen LogP contribution is 2.28. The maximum absolute atomic E-state index is 4.78. The van der Waals surface area contributed by atoms with Crippen LogP contribution >= 0.6 is 15.9 Å². The summed E-state index contributed by atoms with van der Waals surface area (Å²) in [7, 11) is 0. The Morgan fingerprint density at radius 2 is 1.62 bits per heavy atom. The largest absolute Gasteiger partial charge is 0.265 e. The zero-order valence-electron chi connectivity index (χ0n) is 12.6. The number of aromatic nitrogens is 1. The minimum absolute atomic E-state index is 0.725. The highest BCUT2D eigenvalue weighted by Gasteiger charge is 2.17. The number of aliphatic imine (C=N–C) groups is 1. The lowest BCUT2D eigenvalue weighted by molar-refractivity contribution is 1.03. The van der Waals surface area contributed by atoms with Gasteiger partial charge in [0.25, 0.3) is 0 Å². The minimum Gasteiger partial charge on any atom is -0.265 e. The molecule has 2 heterocycles. The fraction of sp³-hybridized carbons (Fsp3) is 0. The molecule has 0 amide bonds. The van der Waals surface area contributed by atoms with Crippen LogP contribution in [0.3, 0.4) is 0 Å². The summed E-state index contributed by atoms with van der Waals surface area (Å²) < 4.78 is 0.987. The van der Waals surface area contributed by atoms with E-state index in [9.17, 15) is 0 Å². The third-order valence-corrected chi connectivity index (χ3v) is 4.21. The molecule has 1 aliphatic heterocycles. The molecule has 4 rings (SSSR count). The second-order valence-corrected chi connectivity index (χ2v) is 6.21. The molecule has 1 N–H and O–H groups in total. The fourth-order valence-electron chi connectivity index (χ4n) is 2.56. The van der Waals surface area contributed by atoms with Gasteiger partial charge in [0.15, 0.2) is 5.84 Å². The molecule has 1 aliphatic rings. The van der Waals surface area contributed by atoms with Gasteiger partial charge in [0, 0.05) is 33.6 Å². The average Bonchev–Trinajstić information content (AvgIpc) is 2.82. The van der Waals surface area contributed by atoms with Crippen molar-refractivity contribution >= 4 is 33.2 Å². The van der Waals surface area contributed by atoms with E-state index in [1.54, 1.807) is 12.4 Å². The van der Waals surface area contributed by atoms with E-state index in [4.69, 9.17) is 4.99 Å². The topological polar surface area (TPSA) is 49.6 Å². The highest BCUT2D eigenvalue weighted by atomic mass is 79.9. The van der Waals surface area contributed by atoms with Crippen LogP contribution in [0.15, 0.2) is 87.6 Å². The third-order valence-electron chi connectivity index (χ3n) is 3.72. The van der Waals surface area contributed by atoms with Gasteiger partial charge in [-0.15, -0.1) is 0 Å². The molecule has 0 spiro atoms. The quantitative estimate of drug-likeness (QED) is 0.725. The first-order valence-electron chi connectivity index (χ1n) is 7.49. The van der Waals surface area contributed by atoms with Gasteiger partial charge in [-0.3, -0.25) is 10.4 Å². The Bertz CT molecular complexity index is 934. The van der Waals surface area contributed by atoms with Gasteiger partial charge in [-0.2, -0.15) is 5.10 Å². The number of hydrazone groups is 1. The Labute approximate surface area is 148 Å². The summed E-state index contributed by atoms with van der Waals surface area (Å²) in [5.74, 6) is 0.725. The van der Waals surface area contributed by atoms with E-state index in [-0.39, 0.29) is 0 Å². The molecule has 1 aromatic heterocycles. The lowest BCUT2D eigenvalue weighted by Crippen LogP contribution is -2.19. The number of fused-ring (bicyclic) bond motifs is 1. The van der Waals surface area contributed by atoms with Gasteiger partial charge in [-0.1, -0.05) is 46.3 Å². The molecule has 5 heteroatoms. The Morgan fingerprint density at radius 1 is 0.833 bits per heavy atom. The average molecular weight is 377 g/mol. The van der Waals surface area contributed by atoms with Gasteiger partial charge < -0.3 is 0 Å². The number of nitrogens with one attached hydrogen (secondary N) is 1. The monoisotopic (exact) mass is 376 g/mol. The fourth-order valence-corrected chi connectivity index (χ4v) is 2.93. The number of hydrogen-bond acceptors (Lipinski definition) is 4. The molecule has 3 aromatic rings. The molecule has 0 aliphatic carbocycles. The number of nitrogens with zero attached hydrogens (tertiary/aromatic N) is 3. The van der Waals surface area contributed by atoms with E-state index in [1.807, 2.05) is 60.7 Å². The Morgan fingerprint density at radius 3 is 2.42 bits per heavy atom. The maximum atomic E-state index is 4.78. The van der Waals surface area contributed by atoms with Crippen molar-refractivity contribution in [3.8, 4) is 0 Å². The van der Waals surface area contributed by atoms with Crippen LogP contribution in [0.4, 0.5) is 5.69 Å². The SMILES string of the molecule is Brc1ccc2c(c1)C(c1ccncc1)=NNC(c1ccccc1)=N2. The van der Waals surface area contributed by atoms with Crippen LogP contribution in [0.1, 0.15) is 16.7 Å². The lowest BCUT2D eigenvalue weighted by Gasteiger charge is -2.07. The highest BCUT2D eigenvalue weighted by molar-refractivity contribution is 9.10. The molecule has 0 saturated heterocycles. The molecule has 0 radical (unpaired) electrons. The molecule has 2 aromatic carbocycles. The first-order chi connectivity index (χ1) is 11.8. The summed E-state index contributed by atoms with van der Waals surface area (Å²) in [6.07, 6.45) is 3.53. The molecule has 116 valence electrons. The number of halogens is 1. The minimum atomic E-state index is 0.725. The molecule has 0 fully saturated rings. The smallest absolute Gasteiger partial charge is 0.154 e. The van der Waals surface area contributed by atoms with Crippen molar-refractivity contribution in [2.45, 2.75) is 0 Å². The number of amidine groups is 1. The Balaban J connectivity index is 1.89. The lowest BCUT2D eigenvalue weighted by atomic mass is 10.0. The first-order valence-corrected chi connectivity index (χ1v) is 8.29. The summed E-state index contributed by atoms with van der Waals surface area (Å²) in [6.45, 7) is 0. The number of rotatable bonds is 2. The van der Waals surface area contributed by atoms with Crippen molar-refractivity contribution < 1.29 is 0 Å². The van der Waals surface area contributed by atoms with E-state index in [0.717, 1.165) is 38.4 Å².